The molecule has 20 heavy (non-hydrogen) atoms. The third-order valence-corrected chi connectivity index (χ3v) is 3.94. The zero-order valence-corrected chi connectivity index (χ0v) is 12.6. The summed E-state index contributed by atoms with van der Waals surface area (Å²) in [5.74, 6) is -1.00. The van der Waals surface area contributed by atoms with Crippen LogP contribution in [-0.2, 0) is 17.8 Å². The zero-order chi connectivity index (χ0) is 15.0. The molecule has 1 heterocycles. The molecule has 1 aromatic rings. The van der Waals surface area contributed by atoms with Crippen LogP contribution in [-0.4, -0.2) is 28.1 Å². The lowest BCUT2D eigenvalue weighted by atomic mass is 10.1. The molecule has 0 aliphatic carbocycles. The van der Waals surface area contributed by atoms with Crippen LogP contribution in [0.5, 0.6) is 0 Å². The standard InChI is InChI=1S/C13H21N3O3S/c1-3-5-6-10(12(17)18)16-13(19)15-8-11-14-7-9(4-2)20-11/h7,10H,3-6,8H2,1-2H3,(H,17,18)(H2,15,16,19)/t10-/m0/s1. The van der Waals surface area contributed by atoms with Gasteiger partial charge in [0.25, 0.3) is 0 Å². The summed E-state index contributed by atoms with van der Waals surface area (Å²) in [6, 6.07) is -1.31. The van der Waals surface area contributed by atoms with Gasteiger partial charge >= 0.3 is 12.0 Å². The largest absolute Gasteiger partial charge is 0.480 e. The van der Waals surface area contributed by atoms with Crippen LogP contribution in [0, 0.1) is 0 Å². The van der Waals surface area contributed by atoms with Gasteiger partial charge in [-0.05, 0) is 12.8 Å². The van der Waals surface area contributed by atoms with Crippen molar-refractivity contribution < 1.29 is 14.7 Å². The van der Waals surface area contributed by atoms with Gasteiger partial charge in [0.2, 0.25) is 0 Å². The zero-order valence-electron chi connectivity index (χ0n) is 11.8. The molecule has 0 spiro atoms. The first-order valence-electron chi connectivity index (χ1n) is 6.77. The highest BCUT2D eigenvalue weighted by atomic mass is 32.1. The molecule has 0 unspecified atom stereocenters. The predicted octanol–water partition coefficient (Wildman–Crippen LogP) is 2.15. The highest BCUT2D eigenvalue weighted by molar-refractivity contribution is 7.11. The lowest BCUT2D eigenvalue weighted by Crippen LogP contribution is -2.45. The Hall–Kier alpha value is -1.63. The van der Waals surface area contributed by atoms with Crippen LogP contribution >= 0.6 is 11.3 Å². The summed E-state index contributed by atoms with van der Waals surface area (Å²) in [4.78, 5) is 28.0. The maximum absolute atomic E-state index is 11.7. The quantitative estimate of drug-likeness (QED) is 0.686. The Labute approximate surface area is 122 Å². The summed E-state index contributed by atoms with van der Waals surface area (Å²) in [5, 5.41) is 14.9. The summed E-state index contributed by atoms with van der Waals surface area (Å²) in [7, 11) is 0. The average Bonchev–Trinajstić information content (AvgIpc) is 2.88. The van der Waals surface area contributed by atoms with Gasteiger partial charge in [0.05, 0.1) is 6.54 Å². The number of hydrogen-bond donors (Lipinski definition) is 3. The number of carbonyl (C=O) groups is 2. The maximum atomic E-state index is 11.7. The topological polar surface area (TPSA) is 91.3 Å². The number of carboxylic acids is 1. The van der Waals surface area contributed by atoms with Gasteiger partial charge in [-0.2, -0.15) is 0 Å². The fraction of sp³-hybridized carbons (Fsp3) is 0.615. The molecule has 1 rings (SSSR count). The van der Waals surface area contributed by atoms with Gasteiger partial charge < -0.3 is 15.7 Å². The van der Waals surface area contributed by atoms with Crippen LogP contribution in [0.2, 0.25) is 0 Å². The van der Waals surface area contributed by atoms with Gasteiger partial charge in [-0.25, -0.2) is 14.6 Å². The number of carbonyl (C=O) groups excluding carboxylic acids is 1. The molecule has 0 saturated heterocycles. The molecule has 2 amide bonds. The van der Waals surface area contributed by atoms with E-state index in [0.717, 1.165) is 29.1 Å². The van der Waals surface area contributed by atoms with Crippen LogP contribution in [0.15, 0.2) is 6.20 Å². The van der Waals surface area contributed by atoms with Crippen LogP contribution < -0.4 is 10.6 Å². The molecular weight excluding hydrogens is 278 g/mol. The smallest absolute Gasteiger partial charge is 0.326 e. The molecule has 0 aromatic carbocycles. The first kappa shape index (κ1) is 16.4. The molecule has 0 bridgehead atoms. The van der Waals surface area contributed by atoms with Gasteiger partial charge in [-0.3, -0.25) is 0 Å². The fourth-order valence-electron chi connectivity index (χ4n) is 1.62. The molecular formula is C13H21N3O3S. The van der Waals surface area contributed by atoms with Crippen LogP contribution in [0.25, 0.3) is 0 Å². The van der Waals surface area contributed by atoms with Crippen LogP contribution in [0.1, 0.15) is 43.0 Å². The van der Waals surface area contributed by atoms with E-state index in [2.05, 4.69) is 15.6 Å². The third-order valence-electron chi connectivity index (χ3n) is 2.80. The van der Waals surface area contributed by atoms with Gasteiger partial charge in [-0.15, -0.1) is 11.3 Å². The van der Waals surface area contributed by atoms with Crippen molar-refractivity contribution in [2.24, 2.45) is 0 Å². The predicted molar refractivity (Wildman–Crippen MR) is 77.8 cm³/mol. The van der Waals surface area contributed by atoms with Gasteiger partial charge in [0.1, 0.15) is 11.0 Å². The number of amides is 2. The Kier molecular flexibility index (Phi) is 7.00. The summed E-state index contributed by atoms with van der Waals surface area (Å²) in [5.41, 5.74) is 0. The van der Waals surface area contributed by atoms with Crippen molar-refractivity contribution in [1.29, 1.82) is 0 Å². The molecule has 1 aromatic heterocycles. The maximum Gasteiger partial charge on any atom is 0.326 e. The minimum absolute atomic E-state index is 0.316. The second-order valence-electron chi connectivity index (χ2n) is 4.43. The molecule has 1 atom stereocenters. The van der Waals surface area contributed by atoms with E-state index in [0.29, 0.717) is 13.0 Å². The highest BCUT2D eigenvalue weighted by Gasteiger charge is 2.18. The van der Waals surface area contributed by atoms with Crippen LogP contribution in [0.4, 0.5) is 4.79 Å². The van der Waals surface area contributed by atoms with E-state index in [1.54, 1.807) is 17.5 Å². The lowest BCUT2D eigenvalue weighted by molar-refractivity contribution is -0.139. The lowest BCUT2D eigenvalue weighted by Gasteiger charge is -2.14. The number of aryl methyl sites for hydroxylation is 1. The van der Waals surface area contributed by atoms with Crippen molar-refractivity contribution in [2.45, 2.75) is 52.1 Å². The molecule has 3 N–H and O–H groups in total. The second kappa shape index (κ2) is 8.52. The highest BCUT2D eigenvalue weighted by Crippen LogP contribution is 2.12. The molecule has 7 heteroatoms. The van der Waals surface area contributed by atoms with E-state index in [9.17, 15) is 9.59 Å². The van der Waals surface area contributed by atoms with E-state index in [4.69, 9.17) is 5.11 Å². The molecule has 0 radical (unpaired) electrons. The minimum atomic E-state index is -1.00. The Morgan fingerprint density at radius 2 is 2.20 bits per heavy atom. The molecule has 0 fully saturated rings. The van der Waals surface area contributed by atoms with Crippen molar-refractivity contribution in [1.82, 2.24) is 15.6 Å². The second-order valence-corrected chi connectivity index (χ2v) is 5.63. The molecule has 0 saturated carbocycles. The van der Waals surface area contributed by atoms with Crippen molar-refractivity contribution in [2.75, 3.05) is 0 Å². The van der Waals surface area contributed by atoms with Gasteiger partial charge in [-0.1, -0.05) is 26.7 Å². The Morgan fingerprint density at radius 3 is 2.75 bits per heavy atom. The summed E-state index contributed by atoms with van der Waals surface area (Å²) in [6.45, 7) is 4.34. The fourth-order valence-corrected chi connectivity index (χ4v) is 2.43. The third kappa shape index (κ3) is 5.56. The van der Waals surface area contributed by atoms with Crippen LogP contribution in [0.3, 0.4) is 0 Å². The van der Waals surface area contributed by atoms with Gasteiger partial charge in [0.15, 0.2) is 0 Å². The van der Waals surface area contributed by atoms with E-state index < -0.39 is 18.0 Å². The molecule has 112 valence electrons. The Balaban J connectivity index is 2.39. The Bertz CT molecular complexity index is 448. The molecule has 0 aliphatic rings. The van der Waals surface area contributed by atoms with E-state index in [-0.39, 0.29) is 0 Å². The van der Waals surface area contributed by atoms with E-state index in [1.165, 1.54) is 0 Å². The number of thiazole rings is 1. The van der Waals surface area contributed by atoms with Crippen molar-refractivity contribution in [3.05, 3.63) is 16.1 Å². The number of nitrogens with zero attached hydrogens (tertiary/aromatic N) is 1. The average molecular weight is 299 g/mol. The first-order valence-corrected chi connectivity index (χ1v) is 7.59. The number of hydrogen-bond acceptors (Lipinski definition) is 4. The number of aliphatic carboxylic acids is 1. The normalized spacial score (nSPS) is 11.9. The van der Waals surface area contributed by atoms with E-state index in [1.807, 2.05) is 13.8 Å². The molecule has 6 nitrogen and oxygen atoms in total. The monoisotopic (exact) mass is 299 g/mol. The van der Waals surface area contributed by atoms with Gasteiger partial charge in [0, 0.05) is 11.1 Å². The SMILES string of the molecule is CCCC[C@H](NC(=O)NCc1ncc(CC)s1)C(=O)O. The number of rotatable bonds is 8. The Morgan fingerprint density at radius 1 is 1.45 bits per heavy atom. The summed E-state index contributed by atoms with van der Waals surface area (Å²) >= 11 is 1.54. The number of aromatic nitrogens is 1. The number of nitrogens with one attached hydrogen (secondary N) is 2. The summed E-state index contributed by atoms with van der Waals surface area (Å²) < 4.78 is 0. The number of unbranched alkanes of at least 4 members (excludes halogenated alkanes) is 1. The van der Waals surface area contributed by atoms with Crippen molar-refractivity contribution in [3.63, 3.8) is 0 Å². The van der Waals surface area contributed by atoms with Crippen molar-refractivity contribution >= 4 is 23.3 Å². The number of urea groups is 1. The first-order chi connectivity index (χ1) is 9.56. The minimum Gasteiger partial charge on any atom is -0.480 e. The van der Waals surface area contributed by atoms with E-state index >= 15 is 0 Å². The van der Waals surface area contributed by atoms with Crippen molar-refractivity contribution in [3.8, 4) is 0 Å². The molecule has 0 aliphatic heterocycles. The number of carboxylic acid groups (broad SMARTS) is 1. The summed E-state index contributed by atoms with van der Waals surface area (Å²) in [6.07, 6.45) is 4.81.